The first-order chi connectivity index (χ1) is 23.7. The quantitative estimate of drug-likeness (QED) is 0.148. The summed E-state index contributed by atoms with van der Waals surface area (Å²) in [7, 11) is 1.34. The molecule has 260 valence electrons. The molecule has 1 aliphatic rings. The number of nitrogens with zero attached hydrogens (tertiary/aromatic N) is 2. The summed E-state index contributed by atoms with van der Waals surface area (Å²) in [5.74, 6) is -2.46. The van der Waals surface area contributed by atoms with Crippen LogP contribution < -0.4 is 25.6 Å². The van der Waals surface area contributed by atoms with Crippen LogP contribution in [-0.2, 0) is 12.4 Å². The molecule has 0 bridgehead atoms. The van der Waals surface area contributed by atoms with Gasteiger partial charge in [0.15, 0.2) is 0 Å². The van der Waals surface area contributed by atoms with Crippen LogP contribution in [0, 0.1) is 5.82 Å². The minimum Gasteiger partial charge on any atom is -0.496 e. The van der Waals surface area contributed by atoms with Gasteiger partial charge in [-0.25, -0.2) is 9.37 Å². The molecule has 1 saturated heterocycles. The van der Waals surface area contributed by atoms with Crippen LogP contribution in [0.25, 0.3) is 21.2 Å². The molecular weight excluding hydrogens is 691 g/mol. The van der Waals surface area contributed by atoms with Crippen molar-refractivity contribution in [1.82, 2.24) is 10.3 Å². The number of nitrogens with one attached hydrogen (secondary N) is 3. The Labute approximate surface area is 283 Å². The number of piperazine rings is 1. The third kappa shape index (κ3) is 7.21. The Bertz CT molecular complexity index is 2080. The van der Waals surface area contributed by atoms with Crippen LogP contribution in [0.15, 0.2) is 72.9 Å². The van der Waals surface area contributed by atoms with Crippen LogP contribution in [0.5, 0.6) is 5.75 Å². The second-order valence-corrected chi connectivity index (χ2v) is 12.2. The first-order valence-electron chi connectivity index (χ1n) is 15.0. The average Bonchev–Trinajstić information content (AvgIpc) is 3.46. The van der Waals surface area contributed by atoms with Gasteiger partial charge in [0, 0.05) is 53.7 Å². The molecule has 0 radical (unpaired) electrons. The van der Waals surface area contributed by atoms with Gasteiger partial charge in [0.1, 0.15) is 22.3 Å². The molecule has 2 amide bonds. The van der Waals surface area contributed by atoms with Crippen molar-refractivity contribution in [2.75, 3.05) is 48.8 Å². The van der Waals surface area contributed by atoms with Crippen LogP contribution in [0.2, 0.25) is 0 Å². The maximum absolute atomic E-state index is 13.9. The van der Waals surface area contributed by atoms with E-state index in [-0.39, 0.29) is 32.0 Å². The summed E-state index contributed by atoms with van der Waals surface area (Å²) < 4.78 is 99.9. The maximum atomic E-state index is 13.9. The van der Waals surface area contributed by atoms with Gasteiger partial charge in [-0.15, -0.1) is 11.3 Å². The van der Waals surface area contributed by atoms with Gasteiger partial charge in [0.2, 0.25) is 0 Å². The van der Waals surface area contributed by atoms with Crippen molar-refractivity contribution in [2.24, 2.45) is 0 Å². The normalized spacial score (nSPS) is 13.7. The lowest BCUT2D eigenvalue weighted by molar-refractivity contribution is -0.140. The highest BCUT2D eigenvalue weighted by Gasteiger charge is 2.35. The van der Waals surface area contributed by atoms with Crippen molar-refractivity contribution in [3.05, 3.63) is 100 Å². The molecule has 16 heteroatoms. The number of alkyl halides is 6. The molecule has 50 heavy (non-hydrogen) atoms. The van der Waals surface area contributed by atoms with E-state index in [0.717, 1.165) is 56.3 Å². The third-order valence-corrected chi connectivity index (χ3v) is 9.11. The Kier molecular flexibility index (Phi) is 9.41. The number of fused-ring (bicyclic) bond motifs is 1. The fourth-order valence-corrected chi connectivity index (χ4v) is 6.54. The predicted octanol–water partition coefficient (Wildman–Crippen LogP) is 8.06. The van der Waals surface area contributed by atoms with Crippen molar-refractivity contribution < 1.29 is 45.1 Å². The molecule has 3 aromatic carbocycles. The zero-order valence-electron chi connectivity index (χ0n) is 25.9. The van der Waals surface area contributed by atoms with Crippen molar-refractivity contribution in [3.8, 4) is 16.9 Å². The van der Waals surface area contributed by atoms with Crippen molar-refractivity contribution in [2.45, 2.75) is 12.4 Å². The number of halogens is 7. The van der Waals surface area contributed by atoms with Gasteiger partial charge in [-0.3, -0.25) is 9.59 Å². The van der Waals surface area contributed by atoms with Gasteiger partial charge in [0.25, 0.3) is 11.8 Å². The lowest BCUT2D eigenvalue weighted by Crippen LogP contribution is -2.43. The van der Waals surface area contributed by atoms with E-state index in [1.807, 2.05) is 12.1 Å². The molecule has 8 nitrogen and oxygen atoms in total. The second kappa shape index (κ2) is 13.6. The van der Waals surface area contributed by atoms with Gasteiger partial charge in [-0.05, 0) is 60.2 Å². The molecular formula is C34H26F7N5O3S. The number of amides is 2. The lowest BCUT2D eigenvalue weighted by Gasteiger charge is -2.28. The highest BCUT2D eigenvalue weighted by Crippen LogP contribution is 2.41. The van der Waals surface area contributed by atoms with Crippen LogP contribution >= 0.6 is 11.3 Å². The molecule has 0 atom stereocenters. The fourth-order valence-electron chi connectivity index (χ4n) is 5.45. The van der Waals surface area contributed by atoms with E-state index in [9.17, 15) is 40.3 Å². The topological polar surface area (TPSA) is 95.6 Å². The largest absolute Gasteiger partial charge is 0.496 e. The Morgan fingerprint density at radius 2 is 1.60 bits per heavy atom. The Morgan fingerprint density at radius 3 is 2.26 bits per heavy atom. The molecule has 0 aliphatic carbocycles. The standard InChI is InChI=1S/C34H26F7N5O3S/c1-49-26-8-2-18(19-3-9-28(43-17-19)46-12-10-42-11-13-46)14-23(26)31(47)45-29-22-6-4-20(33(36,37)38)15-27(22)50-30(29)32(48)44-21-5-7-25(35)24(16-21)34(39,40)41/h2-9,14-17,42H,10-13H2,1H3,(H,44,48)(H,45,47). The van der Waals surface area contributed by atoms with E-state index in [0.29, 0.717) is 34.6 Å². The van der Waals surface area contributed by atoms with E-state index in [1.54, 1.807) is 18.3 Å². The molecule has 1 fully saturated rings. The molecule has 0 spiro atoms. The molecule has 6 rings (SSSR count). The number of methoxy groups -OCH3 is 1. The number of aromatic nitrogens is 1. The molecule has 2 aromatic heterocycles. The zero-order valence-corrected chi connectivity index (χ0v) is 26.7. The van der Waals surface area contributed by atoms with E-state index < -0.39 is 46.8 Å². The number of hydrogen-bond donors (Lipinski definition) is 3. The summed E-state index contributed by atoms with van der Waals surface area (Å²) in [6, 6.07) is 13.0. The molecule has 1 aliphatic heterocycles. The van der Waals surface area contributed by atoms with E-state index in [4.69, 9.17) is 4.74 Å². The summed E-state index contributed by atoms with van der Waals surface area (Å²) >= 11 is 0.584. The number of anilines is 3. The molecule has 0 unspecified atom stereocenters. The van der Waals surface area contributed by atoms with Gasteiger partial charge >= 0.3 is 12.4 Å². The van der Waals surface area contributed by atoms with Crippen LogP contribution in [-0.4, -0.2) is 50.1 Å². The summed E-state index contributed by atoms with van der Waals surface area (Å²) in [5, 5.41) is 8.18. The highest BCUT2D eigenvalue weighted by molar-refractivity contribution is 7.21. The first kappa shape index (κ1) is 34.6. The minimum atomic E-state index is -5.06. The average molecular weight is 718 g/mol. The maximum Gasteiger partial charge on any atom is 0.419 e. The zero-order chi connectivity index (χ0) is 35.8. The number of ether oxygens (including phenoxy) is 1. The Morgan fingerprint density at radius 1 is 0.860 bits per heavy atom. The summed E-state index contributed by atoms with van der Waals surface area (Å²) in [4.78, 5) is 33.7. The lowest BCUT2D eigenvalue weighted by atomic mass is 10.0. The number of hydrogen-bond acceptors (Lipinski definition) is 7. The van der Waals surface area contributed by atoms with Gasteiger partial charge in [-0.2, -0.15) is 26.3 Å². The van der Waals surface area contributed by atoms with Gasteiger partial charge < -0.3 is 25.6 Å². The molecule has 5 aromatic rings. The molecule has 3 heterocycles. The number of benzene rings is 3. The number of thiophene rings is 1. The van der Waals surface area contributed by atoms with Crippen LogP contribution in [0.3, 0.4) is 0 Å². The van der Waals surface area contributed by atoms with Crippen molar-refractivity contribution in [3.63, 3.8) is 0 Å². The van der Waals surface area contributed by atoms with E-state index in [1.165, 1.54) is 13.2 Å². The second-order valence-electron chi connectivity index (χ2n) is 11.2. The number of carbonyl (C=O) groups is 2. The van der Waals surface area contributed by atoms with E-state index >= 15 is 0 Å². The monoisotopic (exact) mass is 717 g/mol. The van der Waals surface area contributed by atoms with Crippen molar-refractivity contribution >= 4 is 50.4 Å². The van der Waals surface area contributed by atoms with Gasteiger partial charge in [-0.1, -0.05) is 12.1 Å². The summed E-state index contributed by atoms with van der Waals surface area (Å²) in [6.45, 7) is 3.26. The predicted molar refractivity (Wildman–Crippen MR) is 175 cm³/mol. The van der Waals surface area contributed by atoms with E-state index in [2.05, 4.69) is 25.8 Å². The number of pyridine rings is 1. The molecule has 3 N–H and O–H groups in total. The summed E-state index contributed by atoms with van der Waals surface area (Å²) in [6.07, 6.45) is -8.13. The Hall–Kier alpha value is -5.22. The molecule has 0 saturated carbocycles. The first-order valence-corrected chi connectivity index (χ1v) is 15.8. The van der Waals surface area contributed by atoms with Crippen LogP contribution in [0.1, 0.15) is 31.2 Å². The third-order valence-electron chi connectivity index (χ3n) is 7.96. The Balaban J connectivity index is 1.35. The smallest absolute Gasteiger partial charge is 0.419 e. The SMILES string of the molecule is COc1ccc(-c2ccc(N3CCNCC3)nc2)cc1C(=O)Nc1c(C(=O)Nc2ccc(F)c(C(F)(F)F)c2)sc2cc(C(F)(F)F)ccc12. The fraction of sp³-hybridized carbons (Fsp3) is 0.206. The van der Waals surface area contributed by atoms with Gasteiger partial charge in [0.05, 0.1) is 29.5 Å². The highest BCUT2D eigenvalue weighted by atomic mass is 32.1. The van der Waals surface area contributed by atoms with Crippen molar-refractivity contribution in [1.29, 1.82) is 0 Å². The number of rotatable bonds is 7. The minimum absolute atomic E-state index is 0.0159. The van der Waals surface area contributed by atoms with Crippen LogP contribution in [0.4, 0.5) is 47.9 Å². The number of carbonyl (C=O) groups excluding carboxylic acids is 2. The summed E-state index contributed by atoms with van der Waals surface area (Å²) in [5.41, 5.74) is -1.98.